The van der Waals surface area contributed by atoms with Crippen molar-refractivity contribution in [1.82, 2.24) is 4.90 Å². The van der Waals surface area contributed by atoms with Gasteiger partial charge in [0.25, 0.3) is 5.91 Å². The lowest BCUT2D eigenvalue weighted by Gasteiger charge is -2.20. The normalized spacial score (nSPS) is 13.7. The number of benzene rings is 1. The number of ether oxygens (including phenoxy) is 1. The molecular formula is C15H16FNO2. The fourth-order valence-electron chi connectivity index (χ4n) is 1.91. The van der Waals surface area contributed by atoms with Gasteiger partial charge < -0.3 is 9.64 Å². The zero-order valence-electron chi connectivity index (χ0n) is 10.9. The van der Waals surface area contributed by atoms with Crippen molar-refractivity contribution in [2.45, 2.75) is 12.8 Å². The molecule has 19 heavy (non-hydrogen) atoms. The van der Waals surface area contributed by atoms with Crippen LogP contribution in [-0.4, -0.2) is 31.0 Å². The number of rotatable bonds is 5. The minimum atomic E-state index is -0.581. The molecule has 1 aliphatic carbocycles. The van der Waals surface area contributed by atoms with Crippen molar-refractivity contribution in [1.29, 1.82) is 0 Å². The second kappa shape index (κ2) is 5.75. The van der Waals surface area contributed by atoms with Crippen LogP contribution in [0, 0.1) is 24.1 Å². The quantitative estimate of drug-likeness (QED) is 0.761. The third kappa shape index (κ3) is 3.25. The Morgan fingerprint density at radius 2 is 2.32 bits per heavy atom. The molecule has 1 fully saturated rings. The maximum atomic E-state index is 13.9. The predicted octanol–water partition coefficient (Wildman–Crippen LogP) is 2.32. The van der Waals surface area contributed by atoms with E-state index in [1.807, 2.05) is 0 Å². The molecular weight excluding hydrogens is 245 g/mol. The molecule has 1 saturated carbocycles. The molecule has 1 amide bonds. The van der Waals surface area contributed by atoms with Crippen molar-refractivity contribution in [3.63, 3.8) is 0 Å². The van der Waals surface area contributed by atoms with Gasteiger partial charge >= 0.3 is 0 Å². The number of terminal acetylenes is 1. The molecule has 0 N–H and O–H groups in total. The molecule has 3 nitrogen and oxygen atoms in total. The summed E-state index contributed by atoms with van der Waals surface area (Å²) in [5.41, 5.74) is 0.0386. The van der Waals surface area contributed by atoms with Gasteiger partial charge in [0.2, 0.25) is 0 Å². The fourth-order valence-corrected chi connectivity index (χ4v) is 1.91. The van der Waals surface area contributed by atoms with E-state index < -0.39 is 5.82 Å². The number of methoxy groups -OCH3 is 1. The van der Waals surface area contributed by atoms with Gasteiger partial charge in [-0.2, -0.15) is 0 Å². The van der Waals surface area contributed by atoms with Crippen LogP contribution in [0.5, 0.6) is 5.75 Å². The Balaban J connectivity index is 2.18. The number of amides is 1. The van der Waals surface area contributed by atoms with E-state index in [-0.39, 0.29) is 18.0 Å². The lowest BCUT2D eigenvalue weighted by molar-refractivity contribution is 0.0765. The molecule has 0 bridgehead atoms. The zero-order chi connectivity index (χ0) is 13.8. The van der Waals surface area contributed by atoms with E-state index in [1.54, 1.807) is 6.07 Å². The molecule has 0 aliphatic heterocycles. The Kier molecular flexibility index (Phi) is 4.06. The molecule has 1 aliphatic rings. The highest BCUT2D eigenvalue weighted by atomic mass is 19.1. The van der Waals surface area contributed by atoms with Crippen molar-refractivity contribution >= 4 is 5.91 Å². The van der Waals surface area contributed by atoms with Crippen LogP contribution in [0.2, 0.25) is 0 Å². The van der Waals surface area contributed by atoms with E-state index in [2.05, 4.69) is 5.92 Å². The van der Waals surface area contributed by atoms with Gasteiger partial charge in [-0.05, 0) is 30.9 Å². The number of hydrogen-bond acceptors (Lipinski definition) is 2. The van der Waals surface area contributed by atoms with Crippen molar-refractivity contribution < 1.29 is 13.9 Å². The second-order valence-corrected chi connectivity index (χ2v) is 4.68. The van der Waals surface area contributed by atoms with Crippen LogP contribution in [-0.2, 0) is 0 Å². The van der Waals surface area contributed by atoms with Crippen molar-refractivity contribution in [2.24, 2.45) is 5.92 Å². The maximum absolute atomic E-state index is 13.9. The third-order valence-corrected chi connectivity index (χ3v) is 3.15. The Bertz CT molecular complexity index is 517. The van der Waals surface area contributed by atoms with Crippen molar-refractivity contribution in [3.05, 3.63) is 29.6 Å². The largest absolute Gasteiger partial charge is 0.497 e. The standard InChI is InChI=1S/C15H16FNO2/c1-3-8-17(10-11-4-5-11)15(18)13-7-6-12(19-2)9-14(13)16/h1,6-7,9,11H,4-5,8,10H2,2H3. The summed E-state index contributed by atoms with van der Waals surface area (Å²) in [4.78, 5) is 13.8. The first-order chi connectivity index (χ1) is 9.15. The van der Waals surface area contributed by atoms with Crippen LogP contribution in [0.1, 0.15) is 23.2 Å². The van der Waals surface area contributed by atoms with Crippen molar-refractivity contribution in [2.75, 3.05) is 20.2 Å². The smallest absolute Gasteiger partial charge is 0.257 e. The first-order valence-corrected chi connectivity index (χ1v) is 6.22. The van der Waals surface area contributed by atoms with Gasteiger partial charge in [0.1, 0.15) is 11.6 Å². The van der Waals surface area contributed by atoms with E-state index in [0.717, 1.165) is 12.8 Å². The number of carbonyl (C=O) groups excluding carboxylic acids is 1. The predicted molar refractivity (Wildman–Crippen MR) is 70.4 cm³/mol. The zero-order valence-corrected chi connectivity index (χ0v) is 10.9. The van der Waals surface area contributed by atoms with E-state index in [4.69, 9.17) is 11.2 Å². The van der Waals surface area contributed by atoms with Gasteiger partial charge in [-0.3, -0.25) is 4.79 Å². The van der Waals surface area contributed by atoms with E-state index in [9.17, 15) is 9.18 Å². The molecule has 2 rings (SSSR count). The van der Waals surface area contributed by atoms with Crippen LogP contribution in [0.4, 0.5) is 4.39 Å². The van der Waals surface area contributed by atoms with Crippen LogP contribution >= 0.6 is 0 Å². The summed E-state index contributed by atoms with van der Waals surface area (Å²) < 4.78 is 18.8. The van der Waals surface area contributed by atoms with Gasteiger partial charge in [0, 0.05) is 12.6 Å². The molecule has 100 valence electrons. The molecule has 0 spiro atoms. The van der Waals surface area contributed by atoms with Crippen LogP contribution in [0.3, 0.4) is 0 Å². The number of nitrogens with zero attached hydrogens (tertiary/aromatic N) is 1. The molecule has 4 heteroatoms. The van der Waals surface area contributed by atoms with Gasteiger partial charge in [0.15, 0.2) is 0 Å². The molecule has 0 atom stereocenters. The number of halogens is 1. The van der Waals surface area contributed by atoms with Crippen LogP contribution in [0.15, 0.2) is 18.2 Å². The highest BCUT2D eigenvalue weighted by Gasteiger charge is 2.27. The van der Waals surface area contributed by atoms with Crippen LogP contribution in [0.25, 0.3) is 0 Å². The summed E-state index contributed by atoms with van der Waals surface area (Å²) >= 11 is 0. The molecule has 1 aromatic rings. The summed E-state index contributed by atoms with van der Waals surface area (Å²) in [7, 11) is 1.45. The first kappa shape index (κ1) is 13.4. The summed E-state index contributed by atoms with van der Waals surface area (Å²) in [5.74, 6) is 2.42. The highest BCUT2D eigenvalue weighted by Crippen LogP contribution is 2.30. The molecule has 0 unspecified atom stereocenters. The average Bonchev–Trinajstić information content (AvgIpc) is 3.21. The van der Waals surface area contributed by atoms with Gasteiger partial charge in [-0.25, -0.2) is 4.39 Å². The molecule has 0 aromatic heterocycles. The van der Waals surface area contributed by atoms with Gasteiger partial charge in [-0.15, -0.1) is 6.42 Å². The maximum Gasteiger partial charge on any atom is 0.257 e. The Hall–Kier alpha value is -2.02. The fraction of sp³-hybridized carbons (Fsp3) is 0.400. The average molecular weight is 261 g/mol. The van der Waals surface area contributed by atoms with E-state index >= 15 is 0 Å². The molecule has 1 aromatic carbocycles. The van der Waals surface area contributed by atoms with Crippen LogP contribution < -0.4 is 4.74 Å². The highest BCUT2D eigenvalue weighted by molar-refractivity contribution is 5.94. The van der Waals surface area contributed by atoms with E-state index in [0.29, 0.717) is 18.2 Å². The Morgan fingerprint density at radius 3 is 2.84 bits per heavy atom. The Morgan fingerprint density at radius 1 is 1.58 bits per heavy atom. The first-order valence-electron chi connectivity index (χ1n) is 6.22. The number of carbonyl (C=O) groups is 1. The minimum absolute atomic E-state index is 0.0386. The lowest BCUT2D eigenvalue weighted by Crippen LogP contribution is -2.33. The number of hydrogen-bond donors (Lipinski definition) is 0. The monoisotopic (exact) mass is 261 g/mol. The van der Waals surface area contributed by atoms with Gasteiger partial charge in [0.05, 0.1) is 19.2 Å². The summed E-state index contributed by atoms with van der Waals surface area (Å²) in [5, 5.41) is 0. The molecule has 0 radical (unpaired) electrons. The van der Waals surface area contributed by atoms with E-state index in [1.165, 1.54) is 24.1 Å². The summed E-state index contributed by atoms with van der Waals surface area (Å²) in [6, 6.07) is 4.22. The second-order valence-electron chi connectivity index (χ2n) is 4.68. The van der Waals surface area contributed by atoms with Gasteiger partial charge in [-0.1, -0.05) is 5.92 Å². The minimum Gasteiger partial charge on any atom is -0.497 e. The third-order valence-electron chi connectivity index (χ3n) is 3.15. The Labute approximate surface area is 112 Å². The molecule has 0 heterocycles. The lowest BCUT2D eigenvalue weighted by atomic mass is 10.1. The van der Waals surface area contributed by atoms with Crippen molar-refractivity contribution in [3.8, 4) is 18.1 Å². The molecule has 0 saturated heterocycles. The topological polar surface area (TPSA) is 29.5 Å². The summed E-state index contributed by atoms with van der Waals surface area (Å²) in [6.07, 6.45) is 7.49. The SMILES string of the molecule is C#CCN(CC1CC1)C(=O)c1ccc(OC)cc1F. The summed E-state index contributed by atoms with van der Waals surface area (Å²) in [6.45, 7) is 0.815.